The van der Waals surface area contributed by atoms with Crippen LogP contribution >= 0.6 is 11.3 Å². The number of anilines is 1. The number of hydrogen-bond acceptors (Lipinski definition) is 5. The van der Waals surface area contributed by atoms with Crippen LogP contribution in [0.25, 0.3) is 0 Å². The Kier molecular flexibility index (Phi) is 4.16. The van der Waals surface area contributed by atoms with Gasteiger partial charge in [-0.05, 0) is 5.56 Å². The summed E-state index contributed by atoms with van der Waals surface area (Å²) in [4.78, 5) is 0. The van der Waals surface area contributed by atoms with E-state index in [4.69, 9.17) is 0 Å². The van der Waals surface area contributed by atoms with Crippen molar-refractivity contribution in [3.05, 3.63) is 40.9 Å². The van der Waals surface area contributed by atoms with Gasteiger partial charge in [0, 0.05) is 5.92 Å². The van der Waals surface area contributed by atoms with E-state index in [1.165, 1.54) is 11.3 Å². The molecule has 102 valence electrons. The maximum atomic E-state index is 12.0. The van der Waals surface area contributed by atoms with Gasteiger partial charge in [0.15, 0.2) is 0 Å². The highest BCUT2D eigenvalue weighted by atomic mass is 32.2. The largest absolute Gasteiger partial charge is 0.257 e. The highest BCUT2D eigenvalue weighted by Crippen LogP contribution is 2.23. The predicted molar refractivity (Wildman–Crippen MR) is 76.7 cm³/mol. The molecule has 0 atom stereocenters. The third-order valence-corrected chi connectivity index (χ3v) is 4.86. The van der Waals surface area contributed by atoms with E-state index in [-0.39, 0.29) is 11.7 Å². The Hall–Kier alpha value is -1.47. The summed E-state index contributed by atoms with van der Waals surface area (Å²) in [5.74, 6) is 0.176. The number of nitrogens with one attached hydrogen (secondary N) is 1. The Morgan fingerprint density at radius 2 is 1.89 bits per heavy atom. The van der Waals surface area contributed by atoms with Crippen molar-refractivity contribution in [2.75, 3.05) is 4.72 Å². The minimum absolute atomic E-state index is 0.0650. The topological polar surface area (TPSA) is 72.0 Å². The van der Waals surface area contributed by atoms with E-state index < -0.39 is 10.0 Å². The molecular weight excluding hydrogens is 282 g/mol. The minimum Gasteiger partial charge on any atom is -0.257 e. The van der Waals surface area contributed by atoms with Crippen molar-refractivity contribution in [2.45, 2.75) is 25.5 Å². The van der Waals surface area contributed by atoms with Crippen LogP contribution in [0, 0.1) is 0 Å². The second kappa shape index (κ2) is 5.66. The SMILES string of the molecule is CC(C)c1nnc(NS(=O)(=O)Cc2ccccc2)s1. The van der Waals surface area contributed by atoms with Crippen molar-refractivity contribution in [3.8, 4) is 0 Å². The molecule has 0 saturated heterocycles. The zero-order chi connectivity index (χ0) is 13.9. The molecule has 7 heteroatoms. The molecule has 0 spiro atoms. The zero-order valence-electron chi connectivity index (χ0n) is 10.7. The zero-order valence-corrected chi connectivity index (χ0v) is 12.3. The molecule has 1 N–H and O–H groups in total. The minimum atomic E-state index is -3.44. The fourth-order valence-corrected chi connectivity index (χ4v) is 3.63. The first-order valence-corrected chi connectivity index (χ1v) is 8.31. The van der Waals surface area contributed by atoms with Gasteiger partial charge < -0.3 is 0 Å². The smallest absolute Gasteiger partial charge is 0.238 e. The Labute approximate surface area is 116 Å². The lowest BCUT2D eigenvalue weighted by Crippen LogP contribution is -2.14. The van der Waals surface area contributed by atoms with Gasteiger partial charge in [0.05, 0.1) is 5.75 Å². The Balaban J connectivity index is 2.08. The van der Waals surface area contributed by atoms with Gasteiger partial charge in [0.2, 0.25) is 15.2 Å². The summed E-state index contributed by atoms with van der Waals surface area (Å²) in [6.07, 6.45) is 0. The van der Waals surface area contributed by atoms with Gasteiger partial charge in [-0.2, -0.15) is 0 Å². The molecule has 0 unspecified atom stereocenters. The molecule has 0 bridgehead atoms. The number of benzene rings is 1. The summed E-state index contributed by atoms with van der Waals surface area (Å²) < 4.78 is 26.4. The summed E-state index contributed by atoms with van der Waals surface area (Å²) in [5.41, 5.74) is 0.739. The first kappa shape index (κ1) is 14.0. The maximum absolute atomic E-state index is 12.0. The number of aromatic nitrogens is 2. The fraction of sp³-hybridized carbons (Fsp3) is 0.333. The van der Waals surface area contributed by atoms with Gasteiger partial charge in [-0.1, -0.05) is 55.5 Å². The van der Waals surface area contributed by atoms with E-state index in [0.717, 1.165) is 10.6 Å². The van der Waals surface area contributed by atoms with Crippen LogP contribution in [0.5, 0.6) is 0 Å². The Morgan fingerprint density at radius 3 is 2.47 bits per heavy atom. The molecular formula is C12H15N3O2S2. The third kappa shape index (κ3) is 4.00. The molecule has 0 aliphatic heterocycles. The summed E-state index contributed by atoms with van der Waals surface area (Å²) in [7, 11) is -3.44. The van der Waals surface area contributed by atoms with Crippen molar-refractivity contribution in [1.29, 1.82) is 0 Å². The van der Waals surface area contributed by atoms with E-state index in [1.54, 1.807) is 12.1 Å². The molecule has 1 aromatic heterocycles. The first-order chi connectivity index (χ1) is 8.96. The van der Waals surface area contributed by atoms with E-state index in [1.807, 2.05) is 32.0 Å². The van der Waals surface area contributed by atoms with Crippen LogP contribution in [0.3, 0.4) is 0 Å². The molecule has 19 heavy (non-hydrogen) atoms. The van der Waals surface area contributed by atoms with Gasteiger partial charge in [0.1, 0.15) is 5.01 Å². The van der Waals surface area contributed by atoms with Crippen LogP contribution in [0.2, 0.25) is 0 Å². The van der Waals surface area contributed by atoms with Gasteiger partial charge in [-0.25, -0.2) is 8.42 Å². The van der Waals surface area contributed by atoms with Crippen LogP contribution in [0.1, 0.15) is 30.3 Å². The lowest BCUT2D eigenvalue weighted by Gasteiger charge is -2.04. The predicted octanol–water partition coefficient (Wildman–Crippen LogP) is 2.60. The Morgan fingerprint density at radius 1 is 1.21 bits per heavy atom. The van der Waals surface area contributed by atoms with Crippen molar-refractivity contribution in [1.82, 2.24) is 10.2 Å². The average molecular weight is 297 g/mol. The van der Waals surface area contributed by atoms with Crippen molar-refractivity contribution in [2.24, 2.45) is 0 Å². The number of hydrogen-bond donors (Lipinski definition) is 1. The van der Waals surface area contributed by atoms with E-state index in [2.05, 4.69) is 14.9 Å². The van der Waals surface area contributed by atoms with E-state index in [0.29, 0.717) is 5.13 Å². The van der Waals surface area contributed by atoms with Crippen molar-refractivity contribution in [3.63, 3.8) is 0 Å². The molecule has 0 fully saturated rings. The standard InChI is InChI=1S/C12H15N3O2S2/c1-9(2)11-13-14-12(18-11)15-19(16,17)8-10-6-4-3-5-7-10/h3-7,9H,8H2,1-2H3,(H,14,15). The maximum Gasteiger partial charge on any atom is 0.238 e. The second-order valence-corrected chi connectivity index (χ2v) is 7.18. The molecule has 5 nitrogen and oxygen atoms in total. The van der Waals surface area contributed by atoms with E-state index in [9.17, 15) is 8.42 Å². The quantitative estimate of drug-likeness (QED) is 0.920. The van der Waals surface area contributed by atoms with Crippen LogP contribution < -0.4 is 4.72 Å². The number of sulfonamides is 1. The van der Waals surface area contributed by atoms with Gasteiger partial charge in [-0.15, -0.1) is 10.2 Å². The summed E-state index contributed by atoms with van der Waals surface area (Å²) >= 11 is 1.27. The monoisotopic (exact) mass is 297 g/mol. The summed E-state index contributed by atoms with van der Waals surface area (Å²) in [5, 5.41) is 8.93. The van der Waals surface area contributed by atoms with Crippen LogP contribution in [-0.2, 0) is 15.8 Å². The van der Waals surface area contributed by atoms with Crippen LogP contribution in [0.15, 0.2) is 30.3 Å². The molecule has 0 amide bonds. The van der Waals surface area contributed by atoms with Crippen LogP contribution in [0.4, 0.5) is 5.13 Å². The highest BCUT2D eigenvalue weighted by Gasteiger charge is 2.15. The van der Waals surface area contributed by atoms with Gasteiger partial charge in [0.25, 0.3) is 0 Å². The normalized spacial score (nSPS) is 11.7. The molecule has 2 rings (SSSR count). The molecule has 0 aliphatic rings. The molecule has 2 aromatic rings. The third-order valence-electron chi connectivity index (χ3n) is 2.38. The lowest BCUT2D eigenvalue weighted by molar-refractivity contribution is 0.600. The van der Waals surface area contributed by atoms with Gasteiger partial charge in [-0.3, -0.25) is 4.72 Å². The molecule has 1 heterocycles. The van der Waals surface area contributed by atoms with E-state index >= 15 is 0 Å². The first-order valence-electron chi connectivity index (χ1n) is 5.84. The summed E-state index contributed by atoms with van der Waals surface area (Å²) in [6.45, 7) is 3.98. The average Bonchev–Trinajstić information content (AvgIpc) is 2.77. The Bertz CT molecular complexity index is 636. The van der Waals surface area contributed by atoms with Crippen molar-refractivity contribution < 1.29 is 8.42 Å². The molecule has 0 radical (unpaired) electrons. The lowest BCUT2D eigenvalue weighted by atomic mass is 10.2. The fourth-order valence-electron chi connectivity index (χ4n) is 1.47. The number of rotatable bonds is 5. The molecule has 0 aliphatic carbocycles. The van der Waals surface area contributed by atoms with Gasteiger partial charge >= 0.3 is 0 Å². The second-order valence-electron chi connectivity index (χ2n) is 4.45. The number of nitrogens with zero attached hydrogens (tertiary/aromatic N) is 2. The van der Waals surface area contributed by atoms with Crippen LogP contribution in [-0.4, -0.2) is 18.6 Å². The molecule has 1 aromatic carbocycles. The highest BCUT2D eigenvalue weighted by molar-refractivity contribution is 7.92. The molecule has 0 saturated carbocycles. The summed E-state index contributed by atoms with van der Waals surface area (Å²) in [6, 6.07) is 9.03. The van der Waals surface area contributed by atoms with Crippen molar-refractivity contribution >= 4 is 26.5 Å².